The highest BCUT2D eigenvalue weighted by Gasteiger charge is 2.53. The lowest BCUT2D eigenvalue weighted by Gasteiger charge is -2.51. The number of fused-ring (bicyclic) bond motifs is 2. The fourth-order valence-electron chi connectivity index (χ4n) is 5.82. The van der Waals surface area contributed by atoms with Gasteiger partial charge in [0.15, 0.2) is 0 Å². The molecule has 0 unspecified atom stereocenters. The summed E-state index contributed by atoms with van der Waals surface area (Å²) in [4.78, 5) is 5.41. The number of aromatic amines is 1. The molecular formula is C23H32N4O. The Morgan fingerprint density at radius 3 is 2.61 bits per heavy atom. The van der Waals surface area contributed by atoms with Crippen LogP contribution in [-0.2, 0) is 12.0 Å². The highest BCUT2D eigenvalue weighted by Crippen LogP contribution is 2.47. The Bertz CT molecular complexity index is 846. The van der Waals surface area contributed by atoms with Crippen LogP contribution in [0.5, 0.6) is 5.75 Å². The lowest BCUT2D eigenvalue weighted by molar-refractivity contribution is -0.00898. The summed E-state index contributed by atoms with van der Waals surface area (Å²) in [6.45, 7) is 11.1. The van der Waals surface area contributed by atoms with Crippen molar-refractivity contribution in [1.82, 2.24) is 20.0 Å². The van der Waals surface area contributed by atoms with Crippen molar-refractivity contribution in [2.75, 3.05) is 19.6 Å². The third-order valence-electron chi connectivity index (χ3n) is 7.16. The number of aromatic nitrogens is 2. The molecule has 4 aliphatic rings. The molecule has 28 heavy (non-hydrogen) atoms. The highest BCUT2D eigenvalue weighted by molar-refractivity contribution is 5.33. The summed E-state index contributed by atoms with van der Waals surface area (Å²) in [5.41, 5.74) is 3.71. The van der Waals surface area contributed by atoms with Crippen molar-refractivity contribution in [2.24, 2.45) is 5.92 Å². The Balaban J connectivity index is 1.44. The summed E-state index contributed by atoms with van der Waals surface area (Å²) in [5.74, 6) is 1.64. The molecule has 0 spiro atoms. The molecule has 3 atom stereocenters. The zero-order valence-corrected chi connectivity index (χ0v) is 17.2. The van der Waals surface area contributed by atoms with Crippen LogP contribution >= 0.6 is 0 Å². The highest BCUT2D eigenvalue weighted by atomic mass is 16.3. The van der Waals surface area contributed by atoms with Crippen LogP contribution in [0.1, 0.15) is 56.5 Å². The Hall–Kier alpha value is -1.85. The minimum Gasteiger partial charge on any atom is -0.508 e. The van der Waals surface area contributed by atoms with Crippen LogP contribution in [0.2, 0.25) is 0 Å². The summed E-state index contributed by atoms with van der Waals surface area (Å²) in [6.07, 6.45) is 2.64. The Morgan fingerprint density at radius 1 is 1.14 bits per heavy atom. The van der Waals surface area contributed by atoms with Gasteiger partial charge in [0, 0.05) is 42.2 Å². The lowest BCUT2D eigenvalue weighted by atomic mass is 9.75. The van der Waals surface area contributed by atoms with E-state index in [-0.39, 0.29) is 5.41 Å². The summed E-state index contributed by atoms with van der Waals surface area (Å²) in [6, 6.07) is 11.4. The molecule has 0 aliphatic carbocycles. The van der Waals surface area contributed by atoms with Crippen molar-refractivity contribution in [3.8, 4) is 5.75 Å². The molecule has 1 aromatic heterocycles. The molecule has 6 rings (SSSR count). The van der Waals surface area contributed by atoms with E-state index < -0.39 is 0 Å². The van der Waals surface area contributed by atoms with Gasteiger partial charge in [-0.3, -0.25) is 14.9 Å². The fraction of sp³-hybridized carbons (Fsp3) is 0.609. The average molecular weight is 381 g/mol. The van der Waals surface area contributed by atoms with Gasteiger partial charge in [-0.05, 0) is 55.6 Å². The van der Waals surface area contributed by atoms with Crippen molar-refractivity contribution >= 4 is 0 Å². The van der Waals surface area contributed by atoms with Crippen LogP contribution < -0.4 is 0 Å². The quantitative estimate of drug-likeness (QED) is 0.856. The third kappa shape index (κ3) is 3.05. The second kappa shape index (κ2) is 6.60. The molecule has 5 nitrogen and oxygen atoms in total. The predicted molar refractivity (Wildman–Crippen MR) is 110 cm³/mol. The number of piperidine rings is 3. The number of aromatic hydroxyl groups is 1. The van der Waals surface area contributed by atoms with Gasteiger partial charge in [0.05, 0.1) is 5.69 Å². The van der Waals surface area contributed by atoms with Crippen molar-refractivity contribution in [3.05, 3.63) is 47.3 Å². The Labute approximate surface area is 167 Å². The summed E-state index contributed by atoms with van der Waals surface area (Å²) in [7, 11) is 0. The number of nitrogens with zero attached hydrogens (tertiary/aromatic N) is 3. The van der Waals surface area contributed by atoms with Gasteiger partial charge in [-0.15, -0.1) is 0 Å². The molecular weight excluding hydrogens is 348 g/mol. The number of hydrogen-bond donors (Lipinski definition) is 2. The number of benzene rings is 1. The maximum absolute atomic E-state index is 10.0. The van der Waals surface area contributed by atoms with E-state index >= 15 is 0 Å². The number of H-pyrrole nitrogens is 1. The largest absolute Gasteiger partial charge is 0.508 e. The maximum atomic E-state index is 10.0. The van der Waals surface area contributed by atoms with E-state index in [0.717, 1.165) is 24.7 Å². The SMILES string of the molecule is CC(C)(C)c1cc(CN2C[C@H](c3cccc(O)c3)[C@H]3[C@@H]2C2CCN3CC2)[nH]n1. The normalized spacial score (nSPS) is 32.6. The zero-order valence-electron chi connectivity index (χ0n) is 17.2. The fourth-order valence-corrected chi connectivity index (χ4v) is 5.82. The third-order valence-corrected chi connectivity index (χ3v) is 7.16. The number of phenolic OH excluding ortho intramolecular Hbond substituents is 1. The minimum atomic E-state index is 0.0714. The van der Waals surface area contributed by atoms with Crippen LogP contribution in [-0.4, -0.2) is 56.8 Å². The molecule has 150 valence electrons. The van der Waals surface area contributed by atoms with Crippen molar-refractivity contribution in [2.45, 2.75) is 63.6 Å². The minimum absolute atomic E-state index is 0.0714. The molecule has 1 aromatic carbocycles. The number of phenols is 1. The molecule has 2 bridgehead atoms. The first-order valence-corrected chi connectivity index (χ1v) is 10.7. The molecule has 0 radical (unpaired) electrons. The number of rotatable bonds is 3. The van der Waals surface area contributed by atoms with Gasteiger partial charge >= 0.3 is 0 Å². The summed E-state index contributed by atoms with van der Waals surface area (Å²) in [5, 5.41) is 17.9. The monoisotopic (exact) mass is 380 g/mol. The molecule has 0 saturated carbocycles. The van der Waals surface area contributed by atoms with Gasteiger partial charge in [-0.1, -0.05) is 32.9 Å². The van der Waals surface area contributed by atoms with Gasteiger partial charge in [-0.2, -0.15) is 5.10 Å². The van der Waals surface area contributed by atoms with Gasteiger partial charge in [-0.25, -0.2) is 0 Å². The smallest absolute Gasteiger partial charge is 0.115 e. The van der Waals surface area contributed by atoms with E-state index in [1.165, 1.54) is 37.2 Å². The molecule has 5 heteroatoms. The molecule has 2 N–H and O–H groups in total. The predicted octanol–water partition coefficient (Wildman–Crippen LogP) is 3.48. The first-order chi connectivity index (χ1) is 13.4. The number of likely N-dealkylation sites (tertiary alicyclic amines) is 1. The average Bonchev–Trinajstić information content (AvgIpc) is 3.29. The standard InChI is InChI=1S/C23H32N4O/c1-23(2,3)20-12-17(24-25-20)13-27-14-19(16-5-4-6-18(28)11-16)22-21(27)15-7-9-26(22)10-8-15/h4-6,11-12,15,19,21-22,28H,7-10,13-14H2,1-3H3,(H,24,25)/t19-,21+,22+/m1/s1. The first kappa shape index (κ1) is 18.2. The van der Waals surface area contributed by atoms with E-state index in [1.54, 1.807) is 6.07 Å². The number of nitrogens with one attached hydrogen (secondary N) is 1. The van der Waals surface area contributed by atoms with E-state index in [0.29, 0.717) is 23.8 Å². The zero-order chi connectivity index (χ0) is 19.5. The van der Waals surface area contributed by atoms with Crippen LogP contribution in [0, 0.1) is 5.92 Å². The topological polar surface area (TPSA) is 55.4 Å². The molecule has 4 aliphatic heterocycles. The van der Waals surface area contributed by atoms with Crippen LogP contribution in [0.3, 0.4) is 0 Å². The Kier molecular flexibility index (Phi) is 4.29. The molecule has 0 amide bonds. The van der Waals surface area contributed by atoms with E-state index in [9.17, 15) is 5.11 Å². The lowest BCUT2D eigenvalue weighted by Crippen LogP contribution is -2.60. The second-order valence-corrected chi connectivity index (χ2v) is 10.0. The molecule has 4 fully saturated rings. The van der Waals surface area contributed by atoms with Crippen LogP contribution in [0.25, 0.3) is 0 Å². The molecule has 5 heterocycles. The van der Waals surface area contributed by atoms with Gasteiger partial charge in [0.25, 0.3) is 0 Å². The first-order valence-electron chi connectivity index (χ1n) is 10.7. The van der Waals surface area contributed by atoms with E-state index in [1.807, 2.05) is 12.1 Å². The molecule has 2 aromatic rings. The van der Waals surface area contributed by atoms with Crippen molar-refractivity contribution in [1.29, 1.82) is 0 Å². The van der Waals surface area contributed by atoms with Gasteiger partial charge in [0.1, 0.15) is 5.75 Å². The summed E-state index contributed by atoms with van der Waals surface area (Å²) >= 11 is 0. The van der Waals surface area contributed by atoms with Gasteiger partial charge in [0.2, 0.25) is 0 Å². The van der Waals surface area contributed by atoms with Crippen molar-refractivity contribution in [3.63, 3.8) is 0 Å². The van der Waals surface area contributed by atoms with Gasteiger partial charge < -0.3 is 5.11 Å². The molecule has 4 saturated heterocycles. The van der Waals surface area contributed by atoms with Crippen molar-refractivity contribution < 1.29 is 5.11 Å². The van der Waals surface area contributed by atoms with Crippen LogP contribution in [0.15, 0.2) is 30.3 Å². The maximum Gasteiger partial charge on any atom is 0.115 e. The van der Waals surface area contributed by atoms with E-state index in [2.05, 4.69) is 52.9 Å². The van der Waals surface area contributed by atoms with E-state index in [4.69, 9.17) is 0 Å². The Morgan fingerprint density at radius 2 is 1.93 bits per heavy atom. The number of hydrogen-bond acceptors (Lipinski definition) is 4. The second-order valence-electron chi connectivity index (χ2n) is 10.0. The van der Waals surface area contributed by atoms with Crippen LogP contribution in [0.4, 0.5) is 0 Å². The summed E-state index contributed by atoms with van der Waals surface area (Å²) < 4.78 is 0.